The number of rotatable bonds is 5. The maximum absolute atomic E-state index is 12.0. The van der Waals surface area contributed by atoms with Crippen molar-refractivity contribution in [3.8, 4) is 5.75 Å². The maximum atomic E-state index is 12.0. The normalized spacial score (nSPS) is 10.3. The number of likely N-dealkylation sites (N-methyl/N-ethyl adjacent to an activating group) is 1. The van der Waals surface area contributed by atoms with Crippen LogP contribution in [0.4, 0.5) is 5.69 Å². The zero-order chi connectivity index (χ0) is 14.5. The van der Waals surface area contributed by atoms with Gasteiger partial charge in [0.15, 0.2) is 6.61 Å². The summed E-state index contributed by atoms with van der Waals surface area (Å²) in [5.41, 5.74) is 7.25. The van der Waals surface area contributed by atoms with E-state index in [-0.39, 0.29) is 12.5 Å². The molecular formula is C15H18N2O3. The molecule has 0 saturated carbocycles. The number of nitrogen functional groups attached to an aromatic ring is 1. The average Bonchev–Trinajstić information content (AvgIpc) is 2.81. The van der Waals surface area contributed by atoms with Crippen LogP contribution in [0.2, 0.25) is 0 Å². The second kappa shape index (κ2) is 6.14. The lowest BCUT2D eigenvalue weighted by Gasteiger charge is -2.17. The molecule has 1 aromatic heterocycles. The molecule has 2 N–H and O–H groups in total. The molecule has 0 aliphatic heterocycles. The first-order chi connectivity index (χ1) is 9.56. The Morgan fingerprint density at radius 2 is 2.20 bits per heavy atom. The predicted octanol–water partition coefficient (Wildman–Crippen LogP) is 2.21. The fourth-order valence-corrected chi connectivity index (χ4v) is 1.78. The lowest BCUT2D eigenvalue weighted by Crippen LogP contribution is -2.31. The van der Waals surface area contributed by atoms with Gasteiger partial charge in [0, 0.05) is 30.9 Å². The summed E-state index contributed by atoms with van der Waals surface area (Å²) in [6.45, 7) is 2.36. The predicted molar refractivity (Wildman–Crippen MR) is 76.3 cm³/mol. The van der Waals surface area contributed by atoms with Gasteiger partial charge >= 0.3 is 0 Å². The Labute approximate surface area is 117 Å². The van der Waals surface area contributed by atoms with Gasteiger partial charge < -0.3 is 19.8 Å². The van der Waals surface area contributed by atoms with E-state index in [1.165, 1.54) is 0 Å². The first kappa shape index (κ1) is 14.0. The standard InChI is InChI=1S/C15H18N2O3/c1-11-12(6-7-19-11)9-17(2)15(18)10-20-14-5-3-4-13(16)8-14/h3-8H,9-10,16H2,1-2H3. The number of amides is 1. The molecule has 20 heavy (non-hydrogen) atoms. The second-order valence-electron chi connectivity index (χ2n) is 4.61. The number of benzene rings is 1. The van der Waals surface area contributed by atoms with Crippen LogP contribution in [-0.2, 0) is 11.3 Å². The Kier molecular flexibility index (Phi) is 4.30. The lowest BCUT2D eigenvalue weighted by atomic mass is 10.2. The fourth-order valence-electron chi connectivity index (χ4n) is 1.78. The second-order valence-corrected chi connectivity index (χ2v) is 4.61. The van der Waals surface area contributed by atoms with E-state index in [9.17, 15) is 4.79 Å². The summed E-state index contributed by atoms with van der Waals surface area (Å²) in [5, 5.41) is 0. The number of ether oxygens (including phenoxy) is 1. The van der Waals surface area contributed by atoms with Crippen molar-refractivity contribution in [1.82, 2.24) is 4.90 Å². The third-order valence-corrected chi connectivity index (χ3v) is 3.02. The van der Waals surface area contributed by atoms with Crippen LogP contribution in [0.15, 0.2) is 41.0 Å². The summed E-state index contributed by atoms with van der Waals surface area (Å²) >= 11 is 0. The summed E-state index contributed by atoms with van der Waals surface area (Å²) in [7, 11) is 1.73. The highest BCUT2D eigenvalue weighted by Crippen LogP contribution is 2.15. The van der Waals surface area contributed by atoms with Crippen LogP contribution >= 0.6 is 0 Å². The van der Waals surface area contributed by atoms with E-state index in [1.807, 2.05) is 13.0 Å². The SMILES string of the molecule is Cc1occc1CN(C)C(=O)COc1cccc(N)c1. The number of carbonyl (C=O) groups excluding carboxylic acids is 1. The Morgan fingerprint density at radius 3 is 2.85 bits per heavy atom. The Morgan fingerprint density at radius 1 is 1.40 bits per heavy atom. The van der Waals surface area contributed by atoms with Crippen LogP contribution < -0.4 is 10.5 Å². The molecule has 5 heteroatoms. The topological polar surface area (TPSA) is 68.7 Å². The van der Waals surface area contributed by atoms with Gasteiger partial charge in [0.2, 0.25) is 0 Å². The van der Waals surface area contributed by atoms with Crippen molar-refractivity contribution >= 4 is 11.6 Å². The summed E-state index contributed by atoms with van der Waals surface area (Å²) in [6, 6.07) is 8.87. The molecule has 0 unspecified atom stereocenters. The van der Waals surface area contributed by atoms with Crippen molar-refractivity contribution in [3.63, 3.8) is 0 Å². The molecule has 0 atom stereocenters. The van der Waals surface area contributed by atoms with Crippen molar-refractivity contribution in [3.05, 3.63) is 47.9 Å². The molecule has 0 aliphatic carbocycles. The highest BCUT2D eigenvalue weighted by Gasteiger charge is 2.12. The Hall–Kier alpha value is -2.43. The minimum Gasteiger partial charge on any atom is -0.484 e. The van der Waals surface area contributed by atoms with E-state index in [2.05, 4.69) is 0 Å². The van der Waals surface area contributed by atoms with Gasteiger partial charge in [-0.3, -0.25) is 4.79 Å². The highest BCUT2D eigenvalue weighted by molar-refractivity contribution is 5.77. The molecule has 1 amide bonds. The number of carbonyl (C=O) groups is 1. The molecular weight excluding hydrogens is 256 g/mol. The number of hydrogen-bond acceptors (Lipinski definition) is 4. The molecule has 0 bridgehead atoms. The summed E-state index contributed by atoms with van der Waals surface area (Å²) in [5.74, 6) is 1.31. The van der Waals surface area contributed by atoms with Gasteiger partial charge in [0.1, 0.15) is 11.5 Å². The van der Waals surface area contributed by atoms with Gasteiger partial charge in [-0.2, -0.15) is 0 Å². The number of nitrogens with two attached hydrogens (primary N) is 1. The quantitative estimate of drug-likeness (QED) is 0.849. The van der Waals surface area contributed by atoms with E-state index in [0.717, 1.165) is 11.3 Å². The average molecular weight is 274 g/mol. The molecule has 5 nitrogen and oxygen atoms in total. The van der Waals surface area contributed by atoms with Crippen molar-refractivity contribution in [2.45, 2.75) is 13.5 Å². The van der Waals surface area contributed by atoms with Crippen LogP contribution in [0, 0.1) is 6.92 Å². The molecule has 106 valence electrons. The zero-order valence-electron chi connectivity index (χ0n) is 11.6. The Bertz CT molecular complexity index is 592. The molecule has 0 saturated heterocycles. The van der Waals surface area contributed by atoms with Gasteiger partial charge in [-0.15, -0.1) is 0 Å². The third-order valence-electron chi connectivity index (χ3n) is 3.02. The first-order valence-electron chi connectivity index (χ1n) is 6.31. The van der Waals surface area contributed by atoms with E-state index in [1.54, 1.807) is 42.5 Å². The third kappa shape index (κ3) is 3.54. The largest absolute Gasteiger partial charge is 0.484 e. The van der Waals surface area contributed by atoms with E-state index in [0.29, 0.717) is 18.0 Å². The molecule has 2 rings (SSSR count). The molecule has 1 heterocycles. The van der Waals surface area contributed by atoms with Crippen molar-refractivity contribution in [2.24, 2.45) is 0 Å². The molecule has 0 spiro atoms. The zero-order valence-corrected chi connectivity index (χ0v) is 11.6. The van der Waals surface area contributed by atoms with Gasteiger partial charge in [-0.1, -0.05) is 6.07 Å². The summed E-state index contributed by atoms with van der Waals surface area (Å²) in [6.07, 6.45) is 1.62. The monoisotopic (exact) mass is 274 g/mol. The lowest BCUT2D eigenvalue weighted by molar-refractivity contribution is -0.132. The van der Waals surface area contributed by atoms with Crippen LogP contribution in [0.3, 0.4) is 0 Å². The van der Waals surface area contributed by atoms with Gasteiger partial charge in [0.25, 0.3) is 5.91 Å². The first-order valence-corrected chi connectivity index (χ1v) is 6.31. The number of aryl methyl sites for hydroxylation is 1. The molecule has 1 aromatic carbocycles. The van der Waals surface area contributed by atoms with Gasteiger partial charge in [0.05, 0.1) is 6.26 Å². The highest BCUT2D eigenvalue weighted by atomic mass is 16.5. The number of anilines is 1. The minimum atomic E-state index is -0.104. The van der Waals surface area contributed by atoms with E-state index < -0.39 is 0 Å². The van der Waals surface area contributed by atoms with Crippen molar-refractivity contribution in [1.29, 1.82) is 0 Å². The van der Waals surface area contributed by atoms with Crippen molar-refractivity contribution in [2.75, 3.05) is 19.4 Å². The van der Waals surface area contributed by atoms with Crippen molar-refractivity contribution < 1.29 is 13.9 Å². The fraction of sp³-hybridized carbons (Fsp3) is 0.267. The van der Waals surface area contributed by atoms with Crippen LogP contribution in [0.5, 0.6) is 5.75 Å². The van der Waals surface area contributed by atoms with Gasteiger partial charge in [-0.25, -0.2) is 0 Å². The smallest absolute Gasteiger partial charge is 0.260 e. The van der Waals surface area contributed by atoms with Crippen LogP contribution in [0.25, 0.3) is 0 Å². The molecule has 0 radical (unpaired) electrons. The summed E-state index contributed by atoms with van der Waals surface area (Å²) in [4.78, 5) is 13.6. The number of furan rings is 1. The summed E-state index contributed by atoms with van der Waals surface area (Å²) < 4.78 is 10.6. The molecule has 0 aliphatic rings. The molecule has 0 fully saturated rings. The van der Waals surface area contributed by atoms with Crippen LogP contribution in [-0.4, -0.2) is 24.5 Å². The molecule has 2 aromatic rings. The Balaban J connectivity index is 1.87. The minimum absolute atomic E-state index is 0.0170. The van der Waals surface area contributed by atoms with Gasteiger partial charge in [-0.05, 0) is 25.1 Å². The van der Waals surface area contributed by atoms with E-state index in [4.69, 9.17) is 14.9 Å². The number of hydrogen-bond donors (Lipinski definition) is 1. The van der Waals surface area contributed by atoms with Crippen LogP contribution in [0.1, 0.15) is 11.3 Å². The maximum Gasteiger partial charge on any atom is 0.260 e. The van der Waals surface area contributed by atoms with E-state index >= 15 is 0 Å². The number of nitrogens with zero attached hydrogens (tertiary/aromatic N) is 1.